The molecular weight excluding hydrogens is 426 g/mol. The van der Waals surface area contributed by atoms with Crippen LogP contribution in [0.1, 0.15) is 38.5 Å². The van der Waals surface area contributed by atoms with E-state index in [0.717, 1.165) is 38.4 Å². The number of hydrogen-bond acceptors (Lipinski definition) is 5. The molecule has 1 amide bonds. The van der Waals surface area contributed by atoms with Gasteiger partial charge in [-0.2, -0.15) is 0 Å². The van der Waals surface area contributed by atoms with E-state index in [9.17, 15) is 22.0 Å². The first-order chi connectivity index (χ1) is 14.8. The van der Waals surface area contributed by atoms with Gasteiger partial charge >= 0.3 is 0 Å². The Morgan fingerprint density at radius 2 is 1.97 bits per heavy atom. The highest BCUT2D eigenvalue weighted by molar-refractivity contribution is 7.91. The van der Waals surface area contributed by atoms with Crippen LogP contribution >= 0.6 is 0 Å². The lowest BCUT2D eigenvalue weighted by atomic mass is 10.0. The number of ether oxygens (including phenoxy) is 1. The molecule has 0 spiro atoms. The maximum absolute atomic E-state index is 14.5. The first-order valence-corrected chi connectivity index (χ1v) is 12.4. The summed E-state index contributed by atoms with van der Waals surface area (Å²) in [5, 5.41) is 0. The quantitative estimate of drug-likeness (QED) is 0.649. The number of nitrogens with zero attached hydrogens (tertiary/aromatic N) is 1. The minimum absolute atomic E-state index is 0.0336. The Balaban J connectivity index is 1.59. The summed E-state index contributed by atoms with van der Waals surface area (Å²) in [6.45, 7) is 1.39. The molecular formula is C22H30F2N2O4S. The lowest BCUT2D eigenvalue weighted by molar-refractivity contribution is -0.136. The molecule has 1 saturated heterocycles. The molecule has 2 atom stereocenters. The second kappa shape index (κ2) is 10.5. The number of halogens is 2. The van der Waals surface area contributed by atoms with Crippen molar-refractivity contribution >= 4 is 15.7 Å². The molecule has 6 nitrogen and oxygen atoms in total. The second-order valence-corrected chi connectivity index (χ2v) is 10.4. The average molecular weight is 457 g/mol. The van der Waals surface area contributed by atoms with E-state index in [1.807, 2.05) is 4.90 Å². The van der Waals surface area contributed by atoms with Crippen LogP contribution in [0.25, 0.3) is 0 Å². The molecule has 1 aromatic rings. The molecule has 0 aromatic heterocycles. The summed E-state index contributed by atoms with van der Waals surface area (Å²) >= 11 is 0. The van der Waals surface area contributed by atoms with Gasteiger partial charge in [0.05, 0.1) is 12.1 Å². The molecule has 0 bridgehead atoms. The predicted molar refractivity (Wildman–Crippen MR) is 113 cm³/mol. The smallest absolute Gasteiger partial charge is 0.225 e. The Bertz CT molecular complexity index is 914. The van der Waals surface area contributed by atoms with E-state index in [1.54, 1.807) is 0 Å². The third-order valence-electron chi connectivity index (χ3n) is 6.09. The van der Waals surface area contributed by atoms with Crippen LogP contribution in [0, 0.1) is 17.7 Å². The van der Waals surface area contributed by atoms with Crippen molar-refractivity contribution in [1.29, 1.82) is 0 Å². The van der Waals surface area contributed by atoms with Crippen LogP contribution in [0.4, 0.5) is 8.78 Å². The van der Waals surface area contributed by atoms with Crippen LogP contribution in [-0.2, 0) is 14.6 Å². The van der Waals surface area contributed by atoms with E-state index in [-0.39, 0.29) is 52.9 Å². The van der Waals surface area contributed by atoms with Gasteiger partial charge in [-0.15, -0.1) is 0 Å². The third kappa shape index (κ3) is 6.04. The van der Waals surface area contributed by atoms with Gasteiger partial charge in [-0.1, -0.05) is 0 Å². The lowest BCUT2D eigenvalue weighted by Gasteiger charge is -2.29. The second-order valence-electron chi connectivity index (χ2n) is 8.40. The van der Waals surface area contributed by atoms with Gasteiger partial charge in [0.2, 0.25) is 5.91 Å². The van der Waals surface area contributed by atoms with Crippen molar-refractivity contribution in [3.05, 3.63) is 35.9 Å². The normalized spacial score (nSPS) is 22.5. The summed E-state index contributed by atoms with van der Waals surface area (Å²) in [7, 11) is -3.85. The molecule has 2 fully saturated rings. The lowest BCUT2D eigenvalue weighted by Crippen LogP contribution is -2.39. The molecule has 0 radical (unpaired) electrons. The fourth-order valence-corrected chi connectivity index (χ4v) is 6.09. The topological polar surface area (TPSA) is 89.7 Å². The van der Waals surface area contributed by atoms with Crippen molar-refractivity contribution in [2.75, 3.05) is 32.0 Å². The highest BCUT2D eigenvalue weighted by atomic mass is 32.2. The van der Waals surface area contributed by atoms with Crippen LogP contribution in [0.3, 0.4) is 0 Å². The summed E-state index contributed by atoms with van der Waals surface area (Å²) < 4.78 is 57.9. The fraction of sp³-hybridized carbons (Fsp3) is 0.591. The van der Waals surface area contributed by atoms with Gasteiger partial charge < -0.3 is 15.4 Å². The predicted octanol–water partition coefficient (Wildman–Crippen LogP) is 3.22. The van der Waals surface area contributed by atoms with Crippen LogP contribution in [-0.4, -0.2) is 51.2 Å². The van der Waals surface area contributed by atoms with Gasteiger partial charge in [0.1, 0.15) is 23.1 Å². The van der Waals surface area contributed by atoms with Gasteiger partial charge in [-0.05, 0) is 56.6 Å². The van der Waals surface area contributed by atoms with Gasteiger partial charge in [-0.3, -0.25) is 4.79 Å². The van der Waals surface area contributed by atoms with E-state index in [0.29, 0.717) is 25.6 Å². The number of hydrogen-bond donors (Lipinski definition) is 1. The van der Waals surface area contributed by atoms with Crippen LogP contribution in [0.5, 0.6) is 5.75 Å². The zero-order chi connectivity index (χ0) is 22.4. The molecule has 31 heavy (non-hydrogen) atoms. The molecule has 3 rings (SSSR count). The Labute approximate surface area is 182 Å². The summed E-state index contributed by atoms with van der Waals surface area (Å²) in [5.74, 6) is -1.17. The number of piperidine rings is 1. The van der Waals surface area contributed by atoms with Crippen molar-refractivity contribution in [2.24, 2.45) is 17.6 Å². The number of rotatable bonds is 8. The Morgan fingerprint density at radius 3 is 2.61 bits per heavy atom. The Morgan fingerprint density at radius 1 is 1.23 bits per heavy atom. The molecule has 2 aliphatic rings. The number of carbonyl (C=O) groups excluding carboxylic acids is 1. The minimum Gasteiger partial charge on any atom is -0.489 e. The van der Waals surface area contributed by atoms with Crippen molar-refractivity contribution in [3.8, 4) is 5.75 Å². The van der Waals surface area contributed by atoms with Gasteiger partial charge in [0, 0.05) is 37.2 Å². The first kappa shape index (κ1) is 23.7. The molecule has 1 aliphatic carbocycles. The van der Waals surface area contributed by atoms with Crippen molar-refractivity contribution in [2.45, 2.75) is 43.4 Å². The van der Waals surface area contributed by atoms with Crippen LogP contribution < -0.4 is 10.5 Å². The highest BCUT2D eigenvalue weighted by Gasteiger charge is 2.36. The number of amides is 1. The monoisotopic (exact) mass is 456 g/mol. The number of sulfone groups is 1. The molecule has 1 aliphatic heterocycles. The SMILES string of the molecule is NC/C(=C\F)COc1ccc(S(=O)(=O)CC2CCC(C(=O)N3CCCCC3)C2)c(F)c1. The molecule has 172 valence electrons. The van der Waals surface area contributed by atoms with E-state index in [2.05, 4.69) is 0 Å². The van der Waals surface area contributed by atoms with Crippen LogP contribution in [0.15, 0.2) is 35.0 Å². The third-order valence-corrected chi connectivity index (χ3v) is 8.00. The average Bonchev–Trinajstić information content (AvgIpc) is 3.22. The summed E-state index contributed by atoms with van der Waals surface area (Å²) in [6.07, 6.45) is 5.36. The maximum atomic E-state index is 14.5. The Hall–Kier alpha value is -2.00. The van der Waals surface area contributed by atoms with Crippen molar-refractivity contribution in [3.63, 3.8) is 0 Å². The van der Waals surface area contributed by atoms with Gasteiger partial charge in [0.15, 0.2) is 9.84 Å². The highest BCUT2D eigenvalue weighted by Crippen LogP contribution is 2.35. The van der Waals surface area contributed by atoms with Crippen molar-refractivity contribution < 1.29 is 26.7 Å². The van der Waals surface area contributed by atoms with E-state index < -0.39 is 15.7 Å². The zero-order valence-corrected chi connectivity index (χ0v) is 18.4. The molecule has 1 aromatic carbocycles. The van der Waals surface area contributed by atoms with E-state index in [4.69, 9.17) is 10.5 Å². The first-order valence-electron chi connectivity index (χ1n) is 10.8. The number of carbonyl (C=O) groups is 1. The largest absolute Gasteiger partial charge is 0.489 e. The maximum Gasteiger partial charge on any atom is 0.225 e. The summed E-state index contributed by atoms with van der Waals surface area (Å²) in [5.41, 5.74) is 5.54. The minimum atomic E-state index is -3.85. The summed E-state index contributed by atoms with van der Waals surface area (Å²) in [4.78, 5) is 14.2. The molecule has 1 saturated carbocycles. The zero-order valence-electron chi connectivity index (χ0n) is 17.6. The fourth-order valence-electron chi connectivity index (χ4n) is 4.36. The van der Waals surface area contributed by atoms with Gasteiger partial charge in [-0.25, -0.2) is 17.2 Å². The van der Waals surface area contributed by atoms with Crippen molar-refractivity contribution in [1.82, 2.24) is 4.90 Å². The van der Waals surface area contributed by atoms with E-state index >= 15 is 0 Å². The number of likely N-dealkylation sites (tertiary alicyclic amines) is 1. The van der Waals surface area contributed by atoms with E-state index in [1.165, 1.54) is 12.1 Å². The standard InChI is InChI=1S/C22H30F2N2O4S/c23-12-17(13-25)14-30-19-6-7-21(20(24)11-19)31(28,29)15-16-4-5-18(10-16)22(27)26-8-2-1-3-9-26/h6-7,11-12,16,18H,1-5,8-10,13-15,25H2/b17-12+. The summed E-state index contributed by atoms with van der Waals surface area (Å²) in [6, 6.07) is 3.50. The molecule has 9 heteroatoms. The van der Waals surface area contributed by atoms with Gasteiger partial charge in [0.25, 0.3) is 0 Å². The molecule has 1 heterocycles. The Kier molecular flexibility index (Phi) is 8.05. The number of benzene rings is 1. The molecule has 2 N–H and O–H groups in total. The van der Waals surface area contributed by atoms with Crippen LogP contribution in [0.2, 0.25) is 0 Å². The number of nitrogens with two attached hydrogens (primary N) is 1. The molecule has 2 unspecified atom stereocenters.